The normalized spacial score (nSPS) is 16.2. The maximum absolute atomic E-state index is 12.8. The summed E-state index contributed by atoms with van der Waals surface area (Å²) in [6.45, 7) is 5.67. The van der Waals surface area contributed by atoms with Gasteiger partial charge in [0.1, 0.15) is 5.75 Å². The number of rotatable bonds is 6. The fraction of sp³-hybridized carbons (Fsp3) is 0.385. The van der Waals surface area contributed by atoms with Crippen molar-refractivity contribution < 1.29 is 4.74 Å². The molecule has 33 heavy (non-hydrogen) atoms. The van der Waals surface area contributed by atoms with Crippen LogP contribution in [0.15, 0.2) is 52.4 Å². The van der Waals surface area contributed by atoms with Gasteiger partial charge in [0.25, 0.3) is 5.56 Å². The highest BCUT2D eigenvalue weighted by atomic mass is 16.5. The van der Waals surface area contributed by atoms with E-state index in [1.54, 1.807) is 0 Å². The maximum Gasteiger partial charge on any atom is 0.255 e. The van der Waals surface area contributed by atoms with E-state index in [1.165, 1.54) is 0 Å². The SMILES string of the molecule is CCOc1cccc(-c2ccc(CN3CCc4nc(C5=NCCCC5)[nH]c(=O)c4C3)cn2)c1. The van der Waals surface area contributed by atoms with Crippen molar-refractivity contribution in [2.45, 2.75) is 45.7 Å². The molecule has 3 aromatic rings. The molecule has 0 saturated heterocycles. The summed E-state index contributed by atoms with van der Waals surface area (Å²) in [6.07, 6.45) is 5.81. The highest BCUT2D eigenvalue weighted by Gasteiger charge is 2.23. The van der Waals surface area contributed by atoms with Crippen molar-refractivity contribution >= 4 is 5.71 Å². The first-order valence-electron chi connectivity index (χ1n) is 11.8. The molecule has 0 saturated carbocycles. The number of benzene rings is 1. The zero-order valence-corrected chi connectivity index (χ0v) is 19.0. The van der Waals surface area contributed by atoms with Crippen LogP contribution in [0.25, 0.3) is 11.3 Å². The summed E-state index contributed by atoms with van der Waals surface area (Å²) in [5, 5.41) is 0. The summed E-state index contributed by atoms with van der Waals surface area (Å²) in [7, 11) is 0. The van der Waals surface area contributed by atoms with E-state index >= 15 is 0 Å². The molecule has 5 rings (SSSR count). The number of nitrogens with zero attached hydrogens (tertiary/aromatic N) is 4. The highest BCUT2D eigenvalue weighted by molar-refractivity contribution is 5.97. The molecule has 1 aromatic carbocycles. The van der Waals surface area contributed by atoms with Gasteiger partial charge in [-0.1, -0.05) is 18.2 Å². The average Bonchev–Trinajstić information content (AvgIpc) is 2.86. The van der Waals surface area contributed by atoms with Gasteiger partial charge in [-0.3, -0.25) is 19.7 Å². The number of nitrogens with one attached hydrogen (secondary N) is 1. The summed E-state index contributed by atoms with van der Waals surface area (Å²) in [6, 6.07) is 12.1. The monoisotopic (exact) mass is 443 g/mol. The second-order valence-corrected chi connectivity index (χ2v) is 8.60. The second kappa shape index (κ2) is 9.67. The van der Waals surface area contributed by atoms with Crippen molar-refractivity contribution in [2.75, 3.05) is 19.7 Å². The molecule has 1 N–H and O–H groups in total. The fourth-order valence-electron chi connectivity index (χ4n) is 4.50. The predicted molar refractivity (Wildman–Crippen MR) is 129 cm³/mol. The van der Waals surface area contributed by atoms with Crippen molar-refractivity contribution in [1.82, 2.24) is 19.9 Å². The third-order valence-corrected chi connectivity index (χ3v) is 6.22. The number of H-pyrrole nitrogens is 1. The molecule has 7 nitrogen and oxygen atoms in total. The lowest BCUT2D eigenvalue weighted by Crippen LogP contribution is -2.36. The molecule has 0 radical (unpaired) electrons. The van der Waals surface area contributed by atoms with E-state index in [9.17, 15) is 4.79 Å². The molecule has 2 aliphatic rings. The van der Waals surface area contributed by atoms with Gasteiger partial charge in [0.2, 0.25) is 0 Å². The quantitative estimate of drug-likeness (QED) is 0.627. The molecule has 4 heterocycles. The number of pyridine rings is 1. The first-order chi connectivity index (χ1) is 16.2. The van der Waals surface area contributed by atoms with Crippen LogP contribution >= 0.6 is 0 Å². The van der Waals surface area contributed by atoms with Crippen LogP contribution in [-0.4, -0.2) is 45.3 Å². The zero-order chi connectivity index (χ0) is 22.6. The molecule has 0 bridgehead atoms. The number of aromatic amines is 1. The van der Waals surface area contributed by atoms with E-state index in [0.717, 1.165) is 84.9 Å². The first kappa shape index (κ1) is 21.5. The second-order valence-electron chi connectivity index (χ2n) is 8.60. The molecular formula is C26H29N5O2. The van der Waals surface area contributed by atoms with E-state index < -0.39 is 0 Å². The molecular weight excluding hydrogens is 414 g/mol. The molecule has 0 fully saturated rings. The van der Waals surface area contributed by atoms with Crippen LogP contribution in [0.4, 0.5) is 0 Å². The van der Waals surface area contributed by atoms with Gasteiger partial charge >= 0.3 is 0 Å². The van der Waals surface area contributed by atoms with Crippen molar-refractivity contribution in [3.05, 3.63) is 75.6 Å². The zero-order valence-electron chi connectivity index (χ0n) is 19.0. The Hall–Kier alpha value is -3.32. The van der Waals surface area contributed by atoms with Crippen molar-refractivity contribution in [3.63, 3.8) is 0 Å². The predicted octanol–water partition coefficient (Wildman–Crippen LogP) is 3.76. The van der Waals surface area contributed by atoms with Crippen molar-refractivity contribution in [3.8, 4) is 17.0 Å². The van der Waals surface area contributed by atoms with Gasteiger partial charge in [-0.25, -0.2) is 4.98 Å². The van der Waals surface area contributed by atoms with Gasteiger partial charge < -0.3 is 9.72 Å². The summed E-state index contributed by atoms with van der Waals surface area (Å²) in [5.41, 5.74) is 5.69. The lowest BCUT2D eigenvalue weighted by atomic mass is 10.0. The maximum atomic E-state index is 12.8. The fourth-order valence-corrected chi connectivity index (χ4v) is 4.50. The number of fused-ring (bicyclic) bond motifs is 1. The number of hydrogen-bond acceptors (Lipinski definition) is 6. The summed E-state index contributed by atoms with van der Waals surface area (Å²) in [5.74, 6) is 1.52. The lowest BCUT2D eigenvalue weighted by Gasteiger charge is -2.27. The lowest BCUT2D eigenvalue weighted by molar-refractivity contribution is 0.241. The average molecular weight is 444 g/mol. The van der Waals surface area contributed by atoms with E-state index in [0.29, 0.717) is 19.0 Å². The molecule has 2 aliphatic heterocycles. The minimum Gasteiger partial charge on any atom is -0.494 e. The van der Waals surface area contributed by atoms with Crippen molar-refractivity contribution in [2.24, 2.45) is 4.99 Å². The van der Waals surface area contributed by atoms with Crippen molar-refractivity contribution in [1.29, 1.82) is 0 Å². The molecule has 0 spiro atoms. The number of ether oxygens (including phenoxy) is 1. The Kier molecular flexibility index (Phi) is 6.30. The van der Waals surface area contributed by atoms with Gasteiger partial charge in [0, 0.05) is 44.4 Å². The Morgan fingerprint density at radius 1 is 1.15 bits per heavy atom. The summed E-state index contributed by atoms with van der Waals surface area (Å²) < 4.78 is 5.60. The van der Waals surface area contributed by atoms with Crippen LogP contribution < -0.4 is 10.3 Å². The first-order valence-corrected chi connectivity index (χ1v) is 11.8. The van der Waals surface area contributed by atoms with Crippen LogP contribution in [0.3, 0.4) is 0 Å². The van der Waals surface area contributed by atoms with E-state index in [-0.39, 0.29) is 5.56 Å². The number of hydrogen-bond donors (Lipinski definition) is 1. The van der Waals surface area contributed by atoms with E-state index in [4.69, 9.17) is 9.72 Å². The topological polar surface area (TPSA) is 83.5 Å². The van der Waals surface area contributed by atoms with Crippen LogP contribution in [0, 0.1) is 0 Å². The molecule has 7 heteroatoms. The standard InChI is InChI=1S/C26H29N5O2/c1-2-33-20-7-5-6-19(14-20)22-10-9-18(15-28-22)16-31-13-11-23-21(17-31)26(32)30-25(29-23)24-8-3-4-12-27-24/h5-7,9-10,14-15H,2-4,8,11-13,16-17H2,1H3,(H,29,30,32). The largest absolute Gasteiger partial charge is 0.494 e. The number of aliphatic imine (C=N–C) groups is 1. The van der Waals surface area contributed by atoms with Gasteiger partial charge in [0.15, 0.2) is 5.82 Å². The third-order valence-electron chi connectivity index (χ3n) is 6.22. The summed E-state index contributed by atoms with van der Waals surface area (Å²) >= 11 is 0. The number of aromatic nitrogens is 3. The van der Waals surface area contributed by atoms with Gasteiger partial charge in [0.05, 0.1) is 29.3 Å². The molecule has 0 amide bonds. The van der Waals surface area contributed by atoms with Crippen LogP contribution in [-0.2, 0) is 19.5 Å². The Balaban J connectivity index is 1.27. The van der Waals surface area contributed by atoms with Gasteiger partial charge in [-0.05, 0) is 49.9 Å². The van der Waals surface area contributed by atoms with Crippen LogP contribution in [0.1, 0.15) is 48.8 Å². The molecule has 0 unspecified atom stereocenters. The highest BCUT2D eigenvalue weighted by Crippen LogP contribution is 2.23. The Bertz CT molecular complexity index is 1220. The molecule has 170 valence electrons. The molecule has 0 aliphatic carbocycles. The summed E-state index contributed by atoms with van der Waals surface area (Å²) in [4.78, 5) is 32.1. The minimum absolute atomic E-state index is 0.0318. The van der Waals surface area contributed by atoms with Crippen LogP contribution in [0.5, 0.6) is 5.75 Å². The van der Waals surface area contributed by atoms with E-state index in [1.807, 2.05) is 43.5 Å². The molecule has 2 aromatic heterocycles. The molecule has 0 atom stereocenters. The van der Waals surface area contributed by atoms with Gasteiger partial charge in [-0.2, -0.15) is 0 Å². The Morgan fingerprint density at radius 3 is 2.88 bits per heavy atom. The van der Waals surface area contributed by atoms with E-state index in [2.05, 4.69) is 25.9 Å². The minimum atomic E-state index is -0.0318. The van der Waals surface area contributed by atoms with Crippen LogP contribution in [0.2, 0.25) is 0 Å². The Morgan fingerprint density at radius 2 is 2.09 bits per heavy atom. The third kappa shape index (κ3) is 4.88. The Labute approximate surface area is 193 Å². The smallest absolute Gasteiger partial charge is 0.255 e. The van der Waals surface area contributed by atoms with Gasteiger partial charge in [-0.15, -0.1) is 0 Å².